The number of unbranched alkanes of at least 4 members (excludes halogenated alkanes) is 30. The van der Waals surface area contributed by atoms with Crippen molar-refractivity contribution in [2.24, 2.45) is 21.8 Å². The van der Waals surface area contributed by atoms with Crippen LogP contribution in [0.1, 0.15) is 296 Å². The Morgan fingerprint density at radius 1 is 0.423 bits per heavy atom. The Morgan fingerprint density at radius 2 is 0.795 bits per heavy atom. The average molecular weight is 1180 g/mol. The molecule has 0 bridgehead atoms. The first-order valence-corrected chi connectivity index (χ1v) is 39.5. The number of nitrogens with two attached hydrogens (primary N) is 1. The lowest BCUT2D eigenvalue weighted by atomic mass is 9.94. The first-order chi connectivity index (χ1) is 37.7. The molecule has 6 rings (SSSR count). The summed E-state index contributed by atoms with van der Waals surface area (Å²) in [5.41, 5.74) is 0. The van der Waals surface area contributed by atoms with Crippen molar-refractivity contribution in [3.05, 3.63) is 4.13 Å². The van der Waals surface area contributed by atoms with E-state index in [1.165, 1.54) is 302 Å². The van der Waals surface area contributed by atoms with E-state index in [4.69, 9.17) is 9.98 Å². The maximum absolute atomic E-state index is 10.6. The molecule has 0 radical (unpaired) electrons. The molecule has 0 aromatic carbocycles. The number of rotatable bonds is 34. The third-order valence-electron chi connectivity index (χ3n) is 16.7. The van der Waals surface area contributed by atoms with Gasteiger partial charge in [-0.2, -0.15) is 16.8 Å². The molecule has 18 heteroatoms. The van der Waals surface area contributed by atoms with E-state index in [-0.39, 0.29) is 35.9 Å². The van der Waals surface area contributed by atoms with Crippen molar-refractivity contribution < 1.29 is 42.7 Å². The highest BCUT2D eigenvalue weighted by molar-refractivity contribution is 8.12. The molecule has 6 heterocycles. The highest BCUT2D eigenvalue weighted by atomic mass is 32.3. The number of nitrogens with one attached hydrogen (secondary N) is 1. The first-order valence-electron chi connectivity index (χ1n) is 32.8. The molecule has 14 nitrogen and oxygen atoms in total. The van der Waals surface area contributed by atoms with Crippen molar-refractivity contribution in [2.75, 3.05) is 62.3 Å². The molecular weight excluding hydrogens is 1060 g/mol. The number of hydrogen-bond donors (Lipinski definition) is 2. The Balaban J connectivity index is 0.000000304. The lowest BCUT2D eigenvalue weighted by molar-refractivity contribution is -0.810. The number of aliphatic imine (C=N–C) groups is 2. The number of fused-ring (bicyclic) bond motifs is 2. The van der Waals surface area contributed by atoms with Crippen LogP contribution in [0.25, 0.3) is 4.13 Å². The lowest BCUT2D eigenvalue weighted by Gasteiger charge is -2.31. The van der Waals surface area contributed by atoms with E-state index in [9.17, 15) is 33.7 Å². The largest absolute Gasteiger partial charge is 0.436 e. The zero-order chi connectivity index (χ0) is 56.5. The standard InChI is InChI=1S/2C27H52N2.C3H7NO4S2.C3H6NO4S2/c2*1-2-3-4-5-6-7-8-9-10-11-12-13-14-15-16-17-21-26-22-18-19-24-29-25-20-23-28-27(26)29;2*5-9(6)2-1-3-10(7,8)4-9/h2*26H,2-25H2,1H3;4H,1-3H2;1-3H2/q;;;-1/p+2. The SMILES string of the molecule is CCCCCCCCCCCCCCCCCCC1CCCCN2CCCN=C12.CCCCCCCCCCCCCCCCCCC1CCCC[NH+]2CCCN=C12.O=S1(=O)CCCS(=O)(=O)[N-]1.O=S1(=O)CCCS(=O)(=O)[NH2+]1. The minimum Gasteiger partial charge on any atom is -0.436 e. The van der Waals surface area contributed by atoms with Gasteiger partial charge in [-0.1, -0.05) is 226 Å². The molecule has 0 saturated carbocycles. The van der Waals surface area contributed by atoms with Crippen LogP contribution in [-0.2, 0) is 40.1 Å². The van der Waals surface area contributed by atoms with Gasteiger partial charge in [0.15, 0.2) is 5.84 Å². The third-order valence-corrected chi connectivity index (χ3v) is 24.2. The summed E-state index contributed by atoms with van der Waals surface area (Å²) >= 11 is 0. The number of primary sulfonamides is 2. The molecule has 0 spiro atoms. The van der Waals surface area contributed by atoms with Crippen molar-refractivity contribution in [3.63, 3.8) is 0 Å². The van der Waals surface area contributed by atoms with Gasteiger partial charge >= 0.3 is 20.0 Å². The number of nitrogens with zero attached hydrogens (tertiary/aromatic N) is 4. The van der Waals surface area contributed by atoms with Crippen LogP contribution < -0.4 is 9.03 Å². The van der Waals surface area contributed by atoms with Crippen LogP contribution in [0.3, 0.4) is 0 Å². The summed E-state index contributed by atoms with van der Waals surface area (Å²) in [7, 11) is -14.1. The predicted molar refractivity (Wildman–Crippen MR) is 329 cm³/mol. The predicted octanol–water partition coefficient (Wildman–Crippen LogP) is 12.7. The van der Waals surface area contributed by atoms with Crippen LogP contribution in [0.4, 0.5) is 0 Å². The van der Waals surface area contributed by atoms with Gasteiger partial charge in [-0.25, -0.2) is 21.8 Å². The number of sulfonamides is 4. The van der Waals surface area contributed by atoms with Crippen molar-refractivity contribution in [1.29, 1.82) is 0 Å². The van der Waals surface area contributed by atoms with E-state index in [0.29, 0.717) is 4.13 Å². The Hall–Kier alpha value is -1.18. The van der Waals surface area contributed by atoms with Crippen molar-refractivity contribution in [3.8, 4) is 0 Å². The maximum atomic E-state index is 10.6. The minimum absolute atomic E-state index is 0.0355. The highest BCUT2D eigenvalue weighted by Crippen LogP contribution is 2.27. The molecule has 0 aliphatic carbocycles. The fourth-order valence-electron chi connectivity index (χ4n) is 12.3. The zero-order valence-corrected chi connectivity index (χ0v) is 53.4. The van der Waals surface area contributed by atoms with Crippen molar-refractivity contribution >= 4 is 51.8 Å². The number of hydrogen-bond acceptors (Lipinski definition) is 11. The van der Waals surface area contributed by atoms with Gasteiger partial charge in [0.1, 0.15) is 17.3 Å². The molecule has 460 valence electrons. The topological polar surface area (TPSA) is 200 Å². The van der Waals surface area contributed by atoms with Crippen LogP contribution >= 0.6 is 0 Å². The molecule has 3 atom stereocenters. The molecule has 6 aliphatic rings. The van der Waals surface area contributed by atoms with Gasteiger partial charge in [0, 0.05) is 50.0 Å². The van der Waals surface area contributed by atoms with Crippen LogP contribution in [0, 0.1) is 11.8 Å². The molecule has 4 fully saturated rings. The minimum atomic E-state index is -3.65. The summed E-state index contributed by atoms with van der Waals surface area (Å²) in [4.78, 5) is 14.3. The van der Waals surface area contributed by atoms with Gasteiger partial charge in [-0.15, -0.1) is 4.13 Å². The van der Waals surface area contributed by atoms with Crippen molar-refractivity contribution in [2.45, 2.75) is 296 Å². The summed E-state index contributed by atoms with van der Waals surface area (Å²) < 4.78 is 87.8. The van der Waals surface area contributed by atoms with Gasteiger partial charge < -0.3 is 9.03 Å². The summed E-state index contributed by atoms with van der Waals surface area (Å²) in [5.74, 6) is 4.31. The van der Waals surface area contributed by atoms with E-state index in [2.05, 4.69) is 22.9 Å². The van der Waals surface area contributed by atoms with Gasteiger partial charge in [-0.05, 0) is 64.2 Å². The third kappa shape index (κ3) is 35.7. The Bertz CT molecular complexity index is 1830. The molecule has 0 aromatic heterocycles. The smallest absolute Gasteiger partial charge is 0.308 e. The molecular formula is C60H119N6O8S4+. The number of amidine groups is 2. The summed E-state index contributed by atoms with van der Waals surface area (Å²) in [6.07, 6.45) is 61.1. The molecule has 6 aliphatic heterocycles. The highest BCUT2D eigenvalue weighted by Gasteiger charge is 2.32. The van der Waals surface area contributed by atoms with E-state index >= 15 is 0 Å². The van der Waals surface area contributed by atoms with Crippen LogP contribution in [0.15, 0.2) is 9.98 Å². The summed E-state index contributed by atoms with van der Waals surface area (Å²) in [5, 5.41) is 0. The fourth-order valence-corrected chi connectivity index (χ4v) is 19.3. The lowest BCUT2D eigenvalue weighted by Crippen LogP contribution is -3.15. The Morgan fingerprint density at radius 3 is 1.22 bits per heavy atom. The van der Waals surface area contributed by atoms with Crippen LogP contribution in [0.5, 0.6) is 0 Å². The van der Waals surface area contributed by atoms with Gasteiger partial charge in [0.05, 0.1) is 39.1 Å². The Kier molecular flexibility index (Phi) is 39.6. The van der Waals surface area contributed by atoms with Crippen LogP contribution in [0.2, 0.25) is 0 Å². The second-order valence-electron chi connectivity index (χ2n) is 24.1. The van der Waals surface area contributed by atoms with E-state index in [0.717, 1.165) is 24.9 Å². The van der Waals surface area contributed by atoms with E-state index in [1.807, 2.05) is 0 Å². The average Bonchev–Trinajstić information content (AvgIpc) is 3.74. The first kappa shape index (κ1) is 71.1. The molecule has 0 aromatic rings. The molecule has 0 amide bonds. The summed E-state index contributed by atoms with van der Waals surface area (Å²) in [6.45, 7) is 12.1. The fraction of sp³-hybridized carbons (Fsp3) is 0.967. The van der Waals surface area contributed by atoms with Gasteiger partial charge in [0.2, 0.25) is 0 Å². The maximum Gasteiger partial charge on any atom is 0.308 e. The van der Waals surface area contributed by atoms with Gasteiger partial charge in [-0.3, -0.25) is 9.89 Å². The number of quaternary nitrogens is 2. The van der Waals surface area contributed by atoms with Crippen LogP contribution in [-0.4, -0.2) is 113 Å². The molecule has 3 unspecified atom stereocenters. The van der Waals surface area contributed by atoms with Crippen molar-refractivity contribution in [1.82, 2.24) is 4.90 Å². The molecule has 78 heavy (non-hydrogen) atoms. The molecule has 4 saturated heterocycles. The van der Waals surface area contributed by atoms with E-state index in [1.54, 1.807) is 10.7 Å². The monoisotopic (exact) mass is 1180 g/mol. The Labute approximate surface area is 481 Å². The van der Waals surface area contributed by atoms with E-state index < -0.39 is 40.1 Å². The molecule has 3 N–H and O–H groups in total. The zero-order valence-electron chi connectivity index (χ0n) is 50.1. The quantitative estimate of drug-likeness (QED) is 0.0588. The summed E-state index contributed by atoms with van der Waals surface area (Å²) in [6, 6.07) is 0. The van der Waals surface area contributed by atoms with Gasteiger partial charge in [0.25, 0.3) is 0 Å². The second kappa shape index (κ2) is 43.5. The second-order valence-corrected chi connectivity index (χ2v) is 32.0. The normalized spacial score (nSPS) is 23.2.